The number of thiazole rings is 1. The van der Waals surface area contributed by atoms with Crippen molar-refractivity contribution in [2.24, 2.45) is 0 Å². The van der Waals surface area contributed by atoms with Gasteiger partial charge < -0.3 is 9.64 Å². The molecule has 32 heavy (non-hydrogen) atoms. The van der Waals surface area contributed by atoms with Gasteiger partial charge in [-0.2, -0.15) is 0 Å². The number of amides is 1. The van der Waals surface area contributed by atoms with E-state index in [1.54, 1.807) is 11.3 Å². The minimum atomic E-state index is -0.0381. The van der Waals surface area contributed by atoms with Crippen LogP contribution in [0.3, 0.4) is 0 Å². The molecule has 0 bridgehead atoms. The van der Waals surface area contributed by atoms with Gasteiger partial charge in [0.25, 0.3) is 5.91 Å². The fraction of sp³-hybridized carbons (Fsp3) is 0.440. The summed E-state index contributed by atoms with van der Waals surface area (Å²) in [5.74, 6) is 0.701. The second kappa shape index (κ2) is 12.8. The van der Waals surface area contributed by atoms with E-state index in [0.29, 0.717) is 18.7 Å². The summed E-state index contributed by atoms with van der Waals surface area (Å²) in [7, 11) is 0. The number of fused-ring (bicyclic) bond motifs is 1. The molecule has 0 aliphatic heterocycles. The zero-order valence-corrected chi connectivity index (χ0v) is 21.1. The Balaban J connectivity index is 0.00000363. The number of aromatic nitrogens is 1. The third kappa shape index (κ3) is 6.67. The molecule has 0 N–H and O–H groups in total. The monoisotopic (exact) mass is 475 g/mol. The highest BCUT2D eigenvalue weighted by Crippen LogP contribution is 2.30. The van der Waals surface area contributed by atoms with Gasteiger partial charge in [-0.05, 0) is 62.3 Å². The smallest absolute Gasteiger partial charge is 0.260 e. The van der Waals surface area contributed by atoms with Gasteiger partial charge in [0.1, 0.15) is 5.75 Å². The van der Waals surface area contributed by atoms with Crippen molar-refractivity contribution < 1.29 is 9.53 Å². The Hall–Kier alpha value is -2.15. The van der Waals surface area contributed by atoms with E-state index in [4.69, 9.17) is 9.72 Å². The molecular weight excluding hydrogens is 442 g/mol. The van der Waals surface area contributed by atoms with E-state index in [1.165, 1.54) is 5.56 Å². The van der Waals surface area contributed by atoms with E-state index >= 15 is 0 Å². The molecule has 0 unspecified atom stereocenters. The number of carbonyl (C=O) groups is 1. The number of hydrogen-bond acceptors (Lipinski definition) is 5. The summed E-state index contributed by atoms with van der Waals surface area (Å²) in [6.07, 6.45) is 2.08. The largest absolute Gasteiger partial charge is 0.494 e. The van der Waals surface area contributed by atoms with Gasteiger partial charge >= 0.3 is 0 Å². The van der Waals surface area contributed by atoms with Crippen LogP contribution in [0.5, 0.6) is 5.75 Å². The van der Waals surface area contributed by atoms with Crippen molar-refractivity contribution >= 4 is 45.0 Å². The number of anilines is 1. The average Bonchev–Trinajstić information content (AvgIpc) is 3.19. The molecule has 174 valence electrons. The van der Waals surface area contributed by atoms with E-state index < -0.39 is 0 Å². The van der Waals surface area contributed by atoms with Gasteiger partial charge in [-0.1, -0.05) is 50.7 Å². The molecule has 1 aromatic heterocycles. The minimum Gasteiger partial charge on any atom is -0.494 e. The zero-order valence-electron chi connectivity index (χ0n) is 19.5. The first kappa shape index (κ1) is 26.1. The molecule has 1 amide bonds. The Morgan fingerprint density at radius 2 is 1.84 bits per heavy atom. The molecule has 0 atom stereocenters. The number of benzene rings is 2. The van der Waals surface area contributed by atoms with E-state index in [-0.39, 0.29) is 18.3 Å². The van der Waals surface area contributed by atoms with Gasteiger partial charge in [-0.25, -0.2) is 4.98 Å². The summed E-state index contributed by atoms with van der Waals surface area (Å²) in [5, 5.41) is 0.745. The third-order valence-corrected chi connectivity index (χ3v) is 6.43. The van der Waals surface area contributed by atoms with Crippen molar-refractivity contribution in [1.82, 2.24) is 9.88 Å². The van der Waals surface area contributed by atoms with Gasteiger partial charge in [-0.15, -0.1) is 12.4 Å². The zero-order chi connectivity index (χ0) is 22.2. The highest BCUT2D eigenvalue weighted by Gasteiger charge is 2.22. The van der Waals surface area contributed by atoms with Crippen LogP contribution < -0.4 is 9.64 Å². The highest BCUT2D eigenvalue weighted by molar-refractivity contribution is 7.22. The van der Waals surface area contributed by atoms with E-state index in [1.807, 2.05) is 35.2 Å². The van der Waals surface area contributed by atoms with Gasteiger partial charge in [0.15, 0.2) is 5.13 Å². The number of ether oxygens (including phenoxy) is 1. The van der Waals surface area contributed by atoms with Crippen LogP contribution in [0.2, 0.25) is 0 Å². The third-order valence-electron chi connectivity index (χ3n) is 5.39. The highest BCUT2D eigenvalue weighted by atomic mass is 35.5. The maximum atomic E-state index is 13.6. The van der Waals surface area contributed by atoms with Crippen molar-refractivity contribution in [1.29, 1.82) is 0 Å². The van der Waals surface area contributed by atoms with Crippen molar-refractivity contribution in [3.8, 4) is 5.75 Å². The molecule has 0 spiro atoms. The van der Waals surface area contributed by atoms with Crippen LogP contribution in [0, 0.1) is 6.92 Å². The Bertz CT molecular complexity index is 1000. The molecule has 0 fully saturated rings. The molecule has 0 aliphatic carbocycles. The quantitative estimate of drug-likeness (QED) is 0.310. The lowest BCUT2D eigenvalue weighted by Gasteiger charge is -2.25. The Morgan fingerprint density at radius 1 is 1.06 bits per heavy atom. The second-order valence-electron chi connectivity index (χ2n) is 7.68. The lowest BCUT2D eigenvalue weighted by atomic mass is 10.2. The summed E-state index contributed by atoms with van der Waals surface area (Å²) < 4.78 is 6.93. The van der Waals surface area contributed by atoms with E-state index in [2.05, 4.69) is 44.7 Å². The molecule has 0 saturated carbocycles. The molecule has 3 aromatic rings. The second-order valence-corrected chi connectivity index (χ2v) is 8.69. The minimum absolute atomic E-state index is 0. The molecule has 5 nitrogen and oxygen atoms in total. The normalized spacial score (nSPS) is 10.9. The Morgan fingerprint density at radius 3 is 2.56 bits per heavy atom. The average molecular weight is 476 g/mol. The summed E-state index contributed by atoms with van der Waals surface area (Å²) in [4.78, 5) is 22.5. The van der Waals surface area contributed by atoms with Crippen LogP contribution in [-0.4, -0.2) is 48.6 Å². The van der Waals surface area contributed by atoms with Crippen molar-refractivity contribution in [3.05, 3.63) is 53.6 Å². The first-order chi connectivity index (χ1) is 15.0. The van der Waals surface area contributed by atoms with Crippen LogP contribution in [0.1, 0.15) is 49.5 Å². The predicted molar refractivity (Wildman–Crippen MR) is 138 cm³/mol. The Kier molecular flexibility index (Phi) is 10.4. The van der Waals surface area contributed by atoms with E-state index in [0.717, 1.165) is 53.6 Å². The Labute approximate surface area is 201 Å². The van der Waals surface area contributed by atoms with Crippen LogP contribution in [-0.2, 0) is 0 Å². The van der Waals surface area contributed by atoms with Gasteiger partial charge in [0, 0.05) is 18.7 Å². The molecule has 1 heterocycles. The summed E-state index contributed by atoms with van der Waals surface area (Å²) in [5.41, 5.74) is 2.76. The maximum Gasteiger partial charge on any atom is 0.260 e. The number of aryl methyl sites for hydroxylation is 1. The number of likely N-dealkylation sites (N-methyl/N-ethyl adjacent to an activating group) is 1. The number of nitrogens with zero attached hydrogens (tertiary/aromatic N) is 3. The van der Waals surface area contributed by atoms with Gasteiger partial charge in [0.05, 0.1) is 16.8 Å². The summed E-state index contributed by atoms with van der Waals surface area (Å²) in [6, 6.07) is 13.7. The molecular formula is C25H34ClN3O2S. The van der Waals surface area contributed by atoms with Gasteiger partial charge in [0.2, 0.25) is 0 Å². The molecule has 0 saturated heterocycles. The number of unbranched alkanes of at least 4 members (excludes halogenated alkanes) is 1. The lowest BCUT2D eigenvalue weighted by molar-refractivity contribution is 0.0983. The van der Waals surface area contributed by atoms with Crippen molar-refractivity contribution in [2.75, 3.05) is 37.7 Å². The first-order valence-electron chi connectivity index (χ1n) is 11.2. The fourth-order valence-corrected chi connectivity index (χ4v) is 4.50. The topological polar surface area (TPSA) is 45.7 Å². The molecule has 0 aliphatic rings. The number of rotatable bonds is 11. The fourth-order valence-electron chi connectivity index (χ4n) is 3.41. The first-order valence-corrected chi connectivity index (χ1v) is 12.0. The lowest BCUT2D eigenvalue weighted by Crippen LogP contribution is -2.38. The molecule has 2 aromatic carbocycles. The summed E-state index contributed by atoms with van der Waals surface area (Å²) >= 11 is 1.57. The van der Waals surface area contributed by atoms with Crippen LogP contribution >= 0.6 is 23.7 Å². The van der Waals surface area contributed by atoms with Crippen molar-refractivity contribution in [2.45, 2.75) is 40.5 Å². The standard InChI is InChI=1S/C25H33N3O2S.ClH/c1-5-8-16-30-21-11-9-10-20(18-21)24(29)28(15-14-27(6-2)7-3)25-26-22-13-12-19(4)17-23(22)31-25;/h9-13,17-18H,5-8,14-16H2,1-4H3;1H. The summed E-state index contributed by atoms with van der Waals surface area (Å²) in [6.45, 7) is 12.5. The van der Waals surface area contributed by atoms with E-state index in [9.17, 15) is 4.79 Å². The number of hydrogen-bond donors (Lipinski definition) is 0. The van der Waals surface area contributed by atoms with Crippen LogP contribution in [0.25, 0.3) is 10.2 Å². The van der Waals surface area contributed by atoms with Crippen molar-refractivity contribution in [3.63, 3.8) is 0 Å². The predicted octanol–water partition coefficient (Wildman–Crippen LogP) is 6.19. The number of carbonyl (C=O) groups excluding carboxylic acids is 1. The van der Waals surface area contributed by atoms with Crippen LogP contribution in [0.15, 0.2) is 42.5 Å². The maximum absolute atomic E-state index is 13.6. The number of halogens is 1. The molecule has 3 rings (SSSR count). The molecule has 7 heteroatoms. The van der Waals surface area contributed by atoms with Gasteiger partial charge in [-0.3, -0.25) is 9.69 Å². The SMILES string of the molecule is CCCCOc1cccc(C(=O)N(CCN(CC)CC)c2nc3ccc(C)cc3s2)c1.Cl. The molecule has 0 radical (unpaired) electrons. The van der Waals surface area contributed by atoms with Crippen LogP contribution in [0.4, 0.5) is 5.13 Å².